The number of carbonyl (C=O) groups excluding carboxylic acids is 2. The molecule has 0 saturated heterocycles. The lowest BCUT2D eigenvalue weighted by atomic mass is 10.1. The van der Waals surface area contributed by atoms with Crippen LogP contribution in [0.25, 0.3) is 0 Å². The zero-order valence-electron chi connectivity index (χ0n) is 8.56. The highest BCUT2D eigenvalue weighted by Crippen LogP contribution is 2.24. The van der Waals surface area contributed by atoms with Crippen LogP contribution in [0.15, 0.2) is 22.7 Å². The van der Waals surface area contributed by atoms with Gasteiger partial charge in [-0.3, -0.25) is 9.59 Å². The Morgan fingerprint density at radius 1 is 1.29 bits per heavy atom. The zero-order valence-corrected chi connectivity index (χ0v) is 10.1. The lowest BCUT2D eigenvalue weighted by Crippen LogP contribution is -2.30. The number of halogens is 4. The van der Waals surface area contributed by atoms with E-state index in [9.17, 15) is 22.8 Å². The fourth-order valence-electron chi connectivity index (χ4n) is 1.11. The van der Waals surface area contributed by atoms with Gasteiger partial charge in [-0.15, -0.1) is 0 Å². The van der Waals surface area contributed by atoms with Crippen LogP contribution < -0.4 is 5.32 Å². The monoisotopic (exact) mass is 309 g/mol. The predicted octanol–water partition coefficient (Wildman–Crippen LogP) is 3.15. The van der Waals surface area contributed by atoms with E-state index in [1.807, 2.05) is 0 Å². The average molecular weight is 310 g/mol. The Kier molecular flexibility index (Phi) is 3.92. The topological polar surface area (TPSA) is 46.2 Å². The minimum atomic E-state index is -4.98. The van der Waals surface area contributed by atoms with Crippen LogP contribution in [0.2, 0.25) is 0 Å². The quantitative estimate of drug-likeness (QED) is 0.853. The van der Waals surface area contributed by atoms with E-state index in [-0.39, 0.29) is 11.3 Å². The smallest absolute Gasteiger partial charge is 0.318 e. The molecule has 7 heteroatoms. The van der Waals surface area contributed by atoms with Crippen molar-refractivity contribution in [3.63, 3.8) is 0 Å². The molecule has 0 heterocycles. The van der Waals surface area contributed by atoms with Crippen molar-refractivity contribution in [1.82, 2.24) is 0 Å². The molecular weight excluding hydrogens is 303 g/mol. The maximum Gasteiger partial charge on any atom is 0.471 e. The number of alkyl halides is 3. The molecule has 0 saturated carbocycles. The van der Waals surface area contributed by atoms with E-state index in [4.69, 9.17) is 0 Å². The van der Waals surface area contributed by atoms with Crippen molar-refractivity contribution in [1.29, 1.82) is 0 Å². The van der Waals surface area contributed by atoms with Gasteiger partial charge < -0.3 is 5.32 Å². The Balaban J connectivity index is 3.07. The second-order valence-corrected chi connectivity index (χ2v) is 4.11. The molecule has 1 aromatic carbocycles. The number of amides is 1. The van der Waals surface area contributed by atoms with Crippen LogP contribution in [0.4, 0.5) is 18.9 Å². The van der Waals surface area contributed by atoms with E-state index in [0.29, 0.717) is 4.47 Å². The van der Waals surface area contributed by atoms with E-state index in [2.05, 4.69) is 15.9 Å². The highest BCUT2D eigenvalue weighted by Gasteiger charge is 2.39. The molecule has 0 spiro atoms. The van der Waals surface area contributed by atoms with Gasteiger partial charge in [-0.05, 0) is 25.1 Å². The summed E-state index contributed by atoms with van der Waals surface area (Å²) in [5.41, 5.74) is -0.153. The SMILES string of the molecule is CC(=O)c1cc(Br)ccc1NC(=O)C(F)(F)F. The lowest BCUT2D eigenvalue weighted by molar-refractivity contribution is -0.167. The van der Waals surface area contributed by atoms with Gasteiger partial charge in [0.05, 0.1) is 5.69 Å². The zero-order chi connectivity index (χ0) is 13.2. The van der Waals surface area contributed by atoms with Crippen LogP contribution in [0.5, 0.6) is 0 Å². The Morgan fingerprint density at radius 3 is 2.35 bits per heavy atom. The van der Waals surface area contributed by atoms with Crippen molar-refractivity contribution < 1.29 is 22.8 Å². The summed E-state index contributed by atoms with van der Waals surface area (Å²) >= 11 is 3.08. The Morgan fingerprint density at radius 2 is 1.88 bits per heavy atom. The molecule has 1 N–H and O–H groups in total. The number of nitrogens with one attached hydrogen (secondary N) is 1. The van der Waals surface area contributed by atoms with Crippen LogP contribution in [0.1, 0.15) is 17.3 Å². The van der Waals surface area contributed by atoms with Gasteiger partial charge in [0.1, 0.15) is 0 Å². The highest BCUT2D eigenvalue weighted by atomic mass is 79.9. The van der Waals surface area contributed by atoms with Gasteiger partial charge in [0.25, 0.3) is 0 Å². The van der Waals surface area contributed by atoms with Crippen LogP contribution >= 0.6 is 15.9 Å². The molecule has 0 aliphatic heterocycles. The van der Waals surface area contributed by atoms with E-state index in [0.717, 1.165) is 0 Å². The maximum absolute atomic E-state index is 12.0. The van der Waals surface area contributed by atoms with Gasteiger partial charge in [-0.25, -0.2) is 0 Å². The van der Waals surface area contributed by atoms with Gasteiger partial charge in [-0.2, -0.15) is 13.2 Å². The highest BCUT2D eigenvalue weighted by molar-refractivity contribution is 9.10. The summed E-state index contributed by atoms with van der Waals surface area (Å²) in [6.45, 7) is 1.20. The van der Waals surface area contributed by atoms with Crippen LogP contribution in [-0.2, 0) is 4.79 Å². The van der Waals surface area contributed by atoms with Crippen LogP contribution in [0.3, 0.4) is 0 Å². The number of hydrogen-bond donors (Lipinski definition) is 1. The van der Waals surface area contributed by atoms with Crippen molar-refractivity contribution in [2.75, 3.05) is 5.32 Å². The van der Waals surface area contributed by atoms with Crippen LogP contribution in [0, 0.1) is 0 Å². The van der Waals surface area contributed by atoms with Crippen molar-refractivity contribution >= 4 is 33.3 Å². The third-order valence-electron chi connectivity index (χ3n) is 1.87. The summed E-state index contributed by atoms with van der Waals surface area (Å²) < 4.78 is 36.7. The number of benzene rings is 1. The fourth-order valence-corrected chi connectivity index (χ4v) is 1.47. The number of carbonyl (C=O) groups is 2. The summed E-state index contributed by atoms with van der Waals surface area (Å²) in [5.74, 6) is -2.55. The molecular formula is C10H7BrF3NO2. The lowest BCUT2D eigenvalue weighted by Gasteiger charge is -2.11. The van der Waals surface area contributed by atoms with Crippen molar-refractivity contribution in [2.24, 2.45) is 0 Å². The first kappa shape index (κ1) is 13.7. The second kappa shape index (κ2) is 4.87. The Labute approximate surface area is 103 Å². The van der Waals surface area contributed by atoms with Gasteiger partial charge >= 0.3 is 12.1 Å². The second-order valence-electron chi connectivity index (χ2n) is 3.20. The molecule has 0 bridgehead atoms. The van der Waals surface area contributed by atoms with Crippen molar-refractivity contribution in [2.45, 2.75) is 13.1 Å². The van der Waals surface area contributed by atoms with Gasteiger partial charge in [0, 0.05) is 10.0 Å². The average Bonchev–Trinajstić information content (AvgIpc) is 2.18. The van der Waals surface area contributed by atoms with E-state index in [1.54, 1.807) is 5.32 Å². The first-order chi connectivity index (χ1) is 7.71. The standard InChI is InChI=1S/C10H7BrF3NO2/c1-5(16)7-4-6(11)2-3-8(7)15-9(17)10(12,13)14/h2-4H,1H3,(H,15,17). The molecule has 1 aromatic rings. The molecule has 92 valence electrons. The van der Waals surface area contributed by atoms with E-state index >= 15 is 0 Å². The minimum absolute atomic E-state index is 0.0111. The summed E-state index contributed by atoms with van der Waals surface area (Å²) in [4.78, 5) is 21.9. The molecule has 0 aliphatic carbocycles. The van der Waals surface area contributed by atoms with Crippen LogP contribution in [-0.4, -0.2) is 17.9 Å². The third-order valence-corrected chi connectivity index (χ3v) is 2.36. The fraction of sp³-hybridized carbons (Fsp3) is 0.200. The van der Waals surface area contributed by atoms with E-state index < -0.39 is 17.9 Å². The van der Waals surface area contributed by atoms with Gasteiger partial charge in [-0.1, -0.05) is 15.9 Å². The van der Waals surface area contributed by atoms with Crippen molar-refractivity contribution in [3.05, 3.63) is 28.2 Å². The summed E-state index contributed by atoms with van der Waals surface area (Å²) in [6, 6.07) is 4.00. The number of hydrogen-bond acceptors (Lipinski definition) is 2. The summed E-state index contributed by atoms with van der Waals surface area (Å²) in [6.07, 6.45) is -4.98. The first-order valence-corrected chi connectivity index (χ1v) is 5.20. The normalized spacial score (nSPS) is 11.1. The minimum Gasteiger partial charge on any atom is -0.318 e. The predicted molar refractivity (Wildman–Crippen MR) is 58.8 cm³/mol. The van der Waals surface area contributed by atoms with Gasteiger partial charge in [0.15, 0.2) is 5.78 Å². The number of Topliss-reactive ketones (excluding diaryl/α,β-unsaturated/α-hetero) is 1. The molecule has 0 aromatic heterocycles. The molecule has 0 radical (unpaired) electrons. The molecule has 17 heavy (non-hydrogen) atoms. The number of anilines is 1. The largest absolute Gasteiger partial charge is 0.471 e. The molecule has 0 atom stereocenters. The number of ketones is 1. The Hall–Kier alpha value is -1.37. The first-order valence-electron chi connectivity index (χ1n) is 4.40. The van der Waals surface area contributed by atoms with Gasteiger partial charge in [0.2, 0.25) is 0 Å². The summed E-state index contributed by atoms with van der Waals surface area (Å²) in [7, 11) is 0. The third kappa shape index (κ3) is 3.55. The van der Waals surface area contributed by atoms with E-state index in [1.165, 1.54) is 25.1 Å². The summed E-state index contributed by atoms with van der Waals surface area (Å²) in [5, 5.41) is 1.65. The molecule has 1 rings (SSSR count). The molecule has 1 amide bonds. The molecule has 3 nitrogen and oxygen atoms in total. The molecule has 0 aliphatic rings. The Bertz CT molecular complexity index is 471. The molecule has 0 fully saturated rings. The molecule has 0 unspecified atom stereocenters. The number of rotatable bonds is 2. The van der Waals surface area contributed by atoms with Crippen molar-refractivity contribution in [3.8, 4) is 0 Å². The maximum atomic E-state index is 12.0.